The van der Waals surface area contributed by atoms with Gasteiger partial charge in [0.1, 0.15) is 6.04 Å². The SMILES string of the molecule is CC(=O)c1ccc(C(=O)NCCCC[C@H](N)C(=O)O)s1. The Hall–Kier alpha value is -1.73. The van der Waals surface area contributed by atoms with Gasteiger partial charge in [-0.15, -0.1) is 11.3 Å². The summed E-state index contributed by atoms with van der Waals surface area (Å²) in [6.45, 7) is 1.91. The zero-order valence-corrected chi connectivity index (χ0v) is 12.0. The maximum Gasteiger partial charge on any atom is 0.320 e. The summed E-state index contributed by atoms with van der Waals surface area (Å²) in [6, 6.07) is 2.41. The number of carbonyl (C=O) groups is 3. The first-order valence-electron chi connectivity index (χ1n) is 6.29. The van der Waals surface area contributed by atoms with Crippen molar-refractivity contribution in [2.45, 2.75) is 32.2 Å². The minimum atomic E-state index is -1.01. The Morgan fingerprint density at radius 1 is 1.30 bits per heavy atom. The van der Waals surface area contributed by atoms with Gasteiger partial charge in [0.05, 0.1) is 9.75 Å². The molecule has 1 aromatic heterocycles. The van der Waals surface area contributed by atoms with E-state index < -0.39 is 12.0 Å². The average Bonchev–Trinajstić information content (AvgIpc) is 2.87. The van der Waals surface area contributed by atoms with Crippen LogP contribution in [0.1, 0.15) is 45.5 Å². The number of aliphatic carboxylic acids is 1. The van der Waals surface area contributed by atoms with Gasteiger partial charge in [-0.1, -0.05) is 0 Å². The van der Waals surface area contributed by atoms with Gasteiger partial charge < -0.3 is 16.2 Å². The number of carboxylic acids is 1. The maximum absolute atomic E-state index is 11.8. The van der Waals surface area contributed by atoms with Crippen molar-refractivity contribution in [3.05, 3.63) is 21.9 Å². The van der Waals surface area contributed by atoms with E-state index in [0.29, 0.717) is 35.6 Å². The van der Waals surface area contributed by atoms with Gasteiger partial charge in [0, 0.05) is 6.54 Å². The van der Waals surface area contributed by atoms with Crippen LogP contribution < -0.4 is 11.1 Å². The van der Waals surface area contributed by atoms with Crippen LogP contribution in [-0.4, -0.2) is 35.4 Å². The van der Waals surface area contributed by atoms with Gasteiger partial charge in [-0.25, -0.2) is 0 Å². The lowest BCUT2D eigenvalue weighted by Crippen LogP contribution is -2.30. The molecule has 0 unspecified atom stereocenters. The molecule has 0 aliphatic heterocycles. The lowest BCUT2D eigenvalue weighted by Gasteiger charge is -2.06. The third kappa shape index (κ3) is 5.10. The van der Waals surface area contributed by atoms with E-state index in [9.17, 15) is 14.4 Å². The van der Waals surface area contributed by atoms with Crippen molar-refractivity contribution >= 4 is 29.0 Å². The lowest BCUT2D eigenvalue weighted by atomic mass is 10.1. The summed E-state index contributed by atoms with van der Waals surface area (Å²) >= 11 is 1.16. The molecule has 1 heterocycles. The molecule has 1 atom stereocenters. The normalized spacial score (nSPS) is 11.9. The number of amides is 1. The van der Waals surface area contributed by atoms with E-state index in [4.69, 9.17) is 10.8 Å². The molecular formula is C13H18N2O4S. The Balaban J connectivity index is 2.26. The molecule has 0 saturated carbocycles. The monoisotopic (exact) mass is 298 g/mol. The molecule has 0 fully saturated rings. The van der Waals surface area contributed by atoms with E-state index in [1.165, 1.54) is 6.92 Å². The first-order chi connectivity index (χ1) is 9.41. The fourth-order valence-electron chi connectivity index (χ4n) is 1.55. The predicted molar refractivity (Wildman–Crippen MR) is 76.1 cm³/mol. The van der Waals surface area contributed by atoms with Crippen molar-refractivity contribution in [2.75, 3.05) is 6.54 Å². The Morgan fingerprint density at radius 3 is 2.50 bits per heavy atom. The van der Waals surface area contributed by atoms with Crippen LogP contribution in [0.5, 0.6) is 0 Å². The lowest BCUT2D eigenvalue weighted by molar-refractivity contribution is -0.138. The topological polar surface area (TPSA) is 109 Å². The Morgan fingerprint density at radius 2 is 1.95 bits per heavy atom. The molecule has 20 heavy (non-hydrogen) atoms. The fraction of sp³-hybridized carbons (Fsp3) is 0.462. The highest BCUT2D eigenvalue weighted by Gasteiger charge is 2.12. The molecule has 6 nitrogen and oxygen atoms in total. The van der Waals surface area contributed by atoms with E-state index in [1.54, 1.807) is 12.1 Å². The van der Waals surface area contributed by atoms with Gasteiger partial charge in [0.25, 0.3) is 5.91 Å². The molecule has 4 N–H and O–H groups in total. The minimum absolute atomic E-state index is 0.0586. The number of rotatable bonds is 8. The molecule has 7 heteroatoms. The molecule has 0 radical (unpaired) electrons. The van der Waals surface area contributed by atoms with Gasteiger partial charge in [-0.2, -0.15) is 0 Å². The van der Waals surface area contributed by atoms with Crippen LogP contribution in [0.15, 0.2) is 12.1 Å². The van der Waals surface area contributed by atoms with Crippen LogP contribution in [-0.2, 0) is 4.79 Å². The highest BCUT2D eigenvalue weighted by Crippen LogP contribution is 2.16. The van der Waals surface area contributed by atoms with Crippen LogP contribution in [0.3, 0.4) is 0 Å². The van der Waals surface area contributed by atoms with Crippen LogP contribution in [0, 0.1) is 0 Å². The molecule has 0 spiro atoms. The highest BCUT2D eigenvalue weighted by molar-refractivity contribution is 7.15. The average molecular weight is 298 g/mol. The summed E-state index contributed by atoms with van der Waals surface area (Å²) in [6.07, 6.45) is 1.69. The van der Waals surface area contributed by atoms with E-state index in [2.05, 4.69) is 5.32 Å². The second-order valence-corrected chi connectivity index (χ2v) is 5.50. The quantitative estimate of drug-likeness (QED) is 0.494. The molecule has 110 valence electrons. The molecule has 0 saturated heterocycles. The summed E-state index contributed by atoms with van der Waals surface area (Å²) in [7, 11) is 0. The first kappa shape index (κ1) is 16.3. The van der Waals surface area contributed by atoms with E-state index in [-0.39, 0.29) is 11.7 Å². The highest BCUT2D eigenvalue weighted by atomic mass is 32.1. The molecule has 0 aliphatic rings. The first-order valence-corrected chi connectivity index (χ1v) is 7.11. The zero-order valence-electron chi connectivity index (χ0n) is 11.2. The molecule has 0 aliphatic carbocycles. The van der Waals surface area contributed by atoms with Crippen molar-refractivity contribution < 1.29 is 19.5 Å². The summed E-state index contributed by atoms with van der Waals surface area (Å²) in [5.41, 5.74) is 5.36. The Kier molecular flexibility index (Phi) is 6.33. The maximum atomic E-state index is 11.8. The van der Waals surface area contributed by atoms with Crippen LogP contribution in [0.25, 0.3) is 0 Å². The fourth-order valence-corrected chi connectivity index (χ4v) is 2.37. The molecule has 1 aromatic rings. The minimum Gasteiger partial charge on any atom is -0.480 e. The van der Waals surface area contributed by atoms with Gasteiger partial charge in [-0.05, 0) is 38.3 Å². The van der Waals surface area contributed by atoms with Crippen LogP contribution in [0.4, 0.5) is 0 Å². The van der Waals surface area contributed by atoms with Crippen LogP contribution >= 0.6 is 11.3 Å². The second kappa shape index (κ2) is 7.76. The number of ketones is 1. The number of nitrogens with one attached hydrogen (secondary N) is 1. The van der Waals surface area contributed by atoms with Gasteiger partial charge in [0.2, 0.25) is 0 Å². The number of carbonyl (C=O) groups excluding carboxylic acids is 2. The van der Waals surface area contributed by atoms with Crippen molar-refractivity contribution in [1.29, 1.82) is 0 Å². The number of hydrogen-bond donors (Lipinski definition) is 3. The number of nitrogens with two attached hydrogens (primary N) is 1. The number of hydrogen-bond acceptors (Lipinski definition) is 5. The van der Waals surface area contributed by atoms with Crippen molar-refractivity contribution in [2.24, 2.45) is 5.73 Å². The smallest absolute Gasteiger partial charge is 0.320 e. The molecule has 1 rings (SSSR count). The largest absolute Gasteiger partial charge is 0.480 e. The summed E-state index contributed by atoms with van der Waals surface area (Å²) in [5, 5.41) is 11.3. The summed E-state index contributed by atoms with van der Waals surface area (Å²) in [5.74, 6) is -1.29. The second-order valence-electron chi connectivity index (χ2n) is 4.42. The Bertz CT molecular complexity index is 498. The summed E-state index contributed by atoms with van der Waals surface area (Å²) < 4.78 is 0. The number of carboxylic acid groups (broad SMARTS) is 1. The number of thiophene rings is 1. The van der Waals surface area contributed by atoms with E-state index >= 15 is 0 Å². The number of Topliss-reactive ketones (excluding diaryl/α,β-unsaturated/α-hetero) is 1. The molecular weight excluding hydrogens is 280 g/mol. The standard InChI is InChI=1S/C13H18N2O4S/c1-8(16)10-5-6-11(20-10)12(17)15-7-3-2-4-9(14)13(18)19/h5-6,9H,2-4,7,14H2,1H3,(H,15,17)(H,18,19)/t9-/m0/s1. The van der Waals surface area contributed by atoms with Crippen molar-refractivity contribution in [1.82, 2.24) is 5.32 Å². The third-order valence-electron chi connectivity index (χ3n) is 2.72. The third-order valence-corrected chi connectivity index (χ3v) is 3.91. The van der Waals surface area contributed by atoms with Crippen molar-refractivity contribution in [3.63, 3.8) is 0 Å². The van der Waals surface area contributed by atoms with Gasteiger partial charge in [0.15, 0.2) is 5.78 Å². The predicted octanol–water partition coefficient (Wildman–Crippen LogP) is 1.26. The molecule has 0 aromatic carbocycles. The Labute approximate surface area is 121 Å². The zero-order chi connectivity index (χ0) is 15.1. The van der Waals surface area contributed by atoms with Crippen LogP contribution in [0.2, 0.25) is 0 Å². The van der Waals surface area contributed by atoms with E-state index in [0.717, 1.165) is 11.3 Å². The van der Waals surface area contributed by atoms with Gasteiger partial charge in [-0.3, -0.25) is 14.4 Å². The molecule has 0 bridgehead atoms. The van der Waals surface area contributed by atoms with Gasteiger partial charge >= 0.3 is 5.97 Å². The van der Waals surface area contributed by atoms with E-state index in [1.807, 2.05) is 0 Å². The number of unbranched alkanes of at least 4 members (excludes halogenated alkanes) is 1. The summed E-state index contributed by atoms with van der Waals surface area (Å²) in [4.78, 5) is 34.4. The van der Waals surface area contributed by atoms with Crippen molar-refractivity contribution in [3.8, 4) is 0 Å². The molecule has 1 amide bonds.